The molecule has 2 bridgehead atoms. The molecule has 2 aliphatic rings. The van der Waals surface area contributed by atoms with E-state index in [9.17, 15) is 9.59 Å². The Morgan fingerprint density at radius 3 is 2.85 bits per heavy atom. The fourth-order valence-corrected chi connectivity index (χ4v) is 4.82. The highest BCUT2D eigenvalue weighted by Gasteiger charge is 2.55. The summed E-state index contributed by atoms with van der Waals surface area (Å²) in [5.74, 6) is -0.558. The highest BCUT2D eigenvalue weighted by atomic mass is 32.1. The van der Waals surface area contributed by atoms with Crippen LogP contribution in [0.25, 0.3) is 6.20 Å². The number of methoxy groups -OCH3 is 1. The molecule has 26 heavy (non-hydrogen) atoms. The number of hydrogen-bond acceptors (Lipinski definition) is 7. The maximum absolute atomic E-state index is 13.1. The zero-order valence-electron chi connectivity index (χ0n) is 14.9. The largest absolute Gasteiger partial charge is 0.469 e. The molecule has 136 valence electrons. The van der Waals surface area contributed by atoms with Crippen molar-refractivity contribution in [2.24, 2.45) is 10.9 Å². The summed E-state index contributed by atoms with van der Waals surface area (Å²) in [6.07, 6.45) is 1.76. The number of carbonyl (C=O) groups excluding carboxylic acids is 1. The number of nitrogens with zero attached hydrogens (tertiary/aromatic N) is 3. The van der Waals surface area contributed by atoms with Gasteiger partial charge in [0, 0.05) is 25.9 Å². The second kappa shape index (κ2) is 5.70. The number of ether oxygens (including phenoxy) is 2. The van der Waals surface area contributed by atoms with Crippen LogP contribution in [0.1, 0.15) is 18.5 Å². The van der Waals surface area contributed by atoms with Crippen LogP contribution in [0.15, 0.2) is 34.1 Å². The van der Waals surface area contributed by atoms with E-state index in [1.807, 2.05) is 43.3 Å². The summed E-state index contributed by atoms with van der Waals surface area (Å²) in [5, 5.41) is 0. The molecule has 1 aromatic carbocycles. The number of esters is 1. The molecule has 3 heterocycles. The van der Waals surface area contributed by atoms with Crippen LogP contribution in [-0.4, -0.2) is 42.4 Å². The summed E-state index contributed by atoms with van der Waals surface area (Å²) in [7, 11) is 5.05. The van der Waals surface area contributed by atoms with E-state index in [0.29, 0.717) is 15.1 Å². The highest BCUT2D eigenvalue weighted by molar-refractivity contribution is 7.06. The van der Waals surface area contributed by atoms with E-state index in [2.05, 4.69) is 4.99 Å². The van der Waals surface area contributed by atoms with Gasteiger partial charge in [0.15, 0.2) is 4.80 Å². The van der Waals surface area contributed by atoms with Gasteiger partial charge in [0.25, 0.3) is 5.56 Å². The summed E-state index contributed by atoms with van der Waals surface area (Å²) in [6, 6.07) is 6.93. The molecule has 0 fully saturated rings. The number of benzene rings is 1. The van der Waals surface area contributed by atoms with Gasteiger partial charge in [-0.3, -0.25) is 14.2 Å². The van der Waals surface area contributed by atoms with Gasteiger partial charge < -0.3 is 14.4 Å². The minimum atomic E-state index is -1.13. The van der Waals surface area contributed by atoms with Crippen molar-refractivity contribution < 1.29 is 14.3 Å². The molecule has 0 aliphatic carbocycles. The van der Waals surface area contributed by atoms with Crippen LogP contribution in [0.3, 0.4) is 0 Å². The number of carbonyl (C=O) groups is 1. The summed E-state index contributed by atoms with van der Waals surface area (Å²) in [4.78, 5) is 32.7. The minimum absolute atomic E-state index is 0.167. The quantitative estimate of drug-likeness (QED) is 0.710. The predicted molar refractivity (Wildman–Crippen MR) is 96.6 cm³/mol. The Kier molecular flexibility index (Phi) is 3.69. The zero-order valence-corrected chi connectivity index (χ0v) is 15.7. The van der Waals surface area contributed by atoms with Crippen molar-refractivity contribution in [3.63, 3.8) is 0 Å². The van der Waals surface area contributed by atoms with Crippen LogP contribution < -0.4 is 19.6 Å². The fraction of sp³-hybridized carbons (Fsp3) is 0.389. The molecule has 0 saturated carbocycles. The van der Waals surface area contributed by atoms with Crippen molar-refractivity contribution in [3.05, 3.63) is 49.5 Å². The SMILES string of the molecule is COC(=O)C1C2c3ccccc3OC1(C)N=c1s/c(=C\N(C)C)c(=O)n12. The smallest absolute Gasteiger partial charge is 0.317 e. The van der Waals surface area contributed by atoms with Gasteiger partial charge >= 0.3 is 5.97 Å². The molecule has 0 saturated heterocycles. The molecule has 1 aromatic heterocycles. The van der Waals surface area contributed by atoms with E-state index in [-0.39, 0.29) is 5.56 Å². The maximum Gasteiger partial charge on any atom is 0.317 e. The van der Waals surface area contributed by atoms with Crippen molar-refractivity contribution in [1.82, 2.24) is 9.47 Å². The molecule has 0 spiro atoms. The summed E-state index contributed by atoms with van der Waals surface area (Å²) >= 11 is 1.30. The number of para-hydroxylation sites is 1. The molecule has 3 atom stereocenters. The molecule has 2 aliphatic heterocycles. The molecule has 3 unspecified atom stereocenters. The van der Waals surface area contributed by atoms with Gasteiger partial charge in [0.2, 0.25) is 5.72 Å². The predicted octanol–water partition coefficient (Wildman–Crippen LogP) is 0.330. The molecule has 4 rings (SSSR count). The minimum Gasteiger partial charge on any atom is -0.469 e. The molecule has 2 aromatic rings. The Labute approximate surface area is 153 Å². The van der Waals surface area contributed by atoms with E-state index in [1.54, 1.807) is 17.7 Å². The summed E-state index contributed by atoms with van der Waals surface area (Å²) in [5.41, 5.74) is -0.508. The second-order valence-corrected chi connectivity index (χ2v) is 7.78. The van der Waals surface area contributed by atoms with Crippen LogP contribution in [-0.2, 0) is 9.53 Å². The van der Waals surface area contributed by atoms with Crippen LogP contribution in [0.5, 0.6) is 5.75 Å². The lowest BCUT2D eigenvalue weighted by molar-refractivity contribution is -0.158. The lowest BCUT2D eigenvalue weighted by Gasteiger charge is -2.44. The maximum atomic E-state index is 13.1. The van der Waals surface area contributed by atoms with Crippen molar-refractivity contribution in [3.8, 4) is 5.75 Å². The Hall–Kier alpha value is -2.61. The third-order valence-corrected chi connectivity index (χ3v) is 5.68. The molecule has 0 N–H and O–H groups in total. The Morgan fingerprint density at radius 1 is 1.42 bits per heavy atom. The van der Waals surface area contributed by atoms with E-state index in [1.165, 1.54) is 18.4 Å². The van der Waals surface area contributed by atoms with Crippen LogP contribution >= 0.6 is 11.3 Å². The average Bonchev–Trinajstić information content (AvgIpc) is 2.87. The normalized spacial score (nSPS) is 26.2. The number of aromatic nitrogens is 1. The number of hydrogen-bond donors (Lipinski definition) is 0. The lowest BCUT2D eigenvalue weighted by Crippen LogP contribution is -2.58. The monoisotopic (exact) mass is 373 g/mol. The first-order valence-electron chi connectivity index (χ1n) is 8.21. The second-order valence-electron chi connectivity index (χ2n) is 6.77. The van der Waals surface area contributed by atoms with Gasteiger partial charge in [-0.25, -0.2) is 4.99 Å². The zero-order chi connectivity index (χ0) is 18.6. The van der Waals surface area contributed by atoms with Crippen LogP contribution in [0, 0.1) is 5.92 Å². The molecular weight excluding hydrogens is 354 g/mol. The Balaban J connectivity index is 2.08. The highest BCUT2D eigenvalue weighted by Crippen LogP contribution is 2.47. The van der Waals surface area contributed by atoms with Crippen molar-refractivity contribution >= 4 is 23.5 Å². The fourth-order valence-electron chi connectivity index (χ4n) is 3.66. The van der Waals surface area contributed by atoms with Gasteiger partial charge in [-0.15, -0.1) is 0 Å². The first kappa shape index (κ1) is 16.8. The standard InChI is InChI=1S/C18H19N3O4S/c1-18-13(16(23)24-4)14(10-7-5-6-8-11(10)25-18)21-15(22)12(9-20(2)3)26-17(21)19-18/h5-9,13-14H,1-4H3/b12-9-. The Bertz CT molecular complexity index is 1070. The van der Waals surface area contributed by atoms with Gasteiger partial charge in [-0.2, -0.15) is 0 Å². The number of rotatable bonds is 2. The first-order valence-corrected chi connectivity index (χ1v) is 9.02. The average molecular weight is 373 g/mol. The first-order chi connectivity index (χ1) is 12.4. The molecule has 0 radical (unpaired) electrons. The van der Waals surface area contributed by atoms with Gasteiger partial charge in [0.1, 0.15) is 16.2 Å². The van der Waals surface area contributed by atoms with Gasteiger partial charge in [-0.1, -0.05) is 29.5 Å². The third kappa shape index (κ3) is 2.28. The van der Waals surface area contributed by atoms with Crippen LogP contribution in [0.4, 0.5) is 0 Å². The molecule has 7 nitrogen and oxygen atoms in total. The summed E-state index contributed by atoms with van der Waals surface area (Å²) < 4.78 is 13.3. The van der Waals surface area contributed by atoms with Crippen molar-refractivity contribution in [1.29, 1.82) is 0 Å². The van der Waals surface area contributed by atoms with Gasteiger partial charge in [0.05, 0.1) is 13.2 Å². The third-order valence-electron chi connectivity index (χ3n) is 4.71. The molecule has 8 heteroatoms. The Morgan fingerprint density at radius 2 is 2.15 bits per heavy atom. The molecule has 0 amide bonds. The van der Waals surface area contributed by atoms with Crippen molar-refractivity contribution in [2.45, 2.75) is 18.7 Å². The van der Waals surface area contributed by atoms with Gasteiger partial charge in [-0.05, 0) is 13.0 Å². The van der Waals surface area contributed by atoms with Crippen LogP contribution in [0.2, 0.25) is 0 Å². The topological polar surface area (TPSA) is 73.1 Å². The van der Waals surface area contributed by atoms with E-state index in [4.69, 9.17) is 9.47 Å². The number of thiazole rings is 1. The van der Waals surface area contributed by atoms with E-state index >= 15 is 0 Å². The number of fused-ring (bicyclic) bond motifs is 6. The molecular formula is C18H19N3O4S. The lowest BCUT2D eigenvalue weighted by atomic mass is 9.81. The summed E-state index contributed by atoms with van der Waals surface area (Å²) in [6.45, 7) is 1.76. The van der Waals surface area contributed by atoms with E-state index in [0.717, 1.165) is 5.56 Å². The van der Waals surface area contributed by atoms with Crippen molar-refractivity contribution in [2.75, 3.05) is 21.2 Å². The van der Waals surface area contributed by atoms with E-state index < -0.39 is 23.7 Å².